The first kappa shape index (κ1) is 17.6. The number of benzene rings is 2. The maximum atomic E-state index is 12.2. The molecule has 0 heterocycles. The zero-order chi connectivity index (χ0) is 17.7. The van der Waals surface area contributed by atoms with E-state index in [0.29, 0.717) is 11.5 Å². The summed E-state index contributed by atoms with van der Waals surface area (Å²) in [5.41, 5.74) is 0.856. The van der Waals surface area contributed by atoms with E-state index in [-0.39, 0.29) is 22.7 Å². The van der Waals surface area contributed by atoms with Crippen molar-refractivity contribution in [2.45, 2.75) is 6.54 Å². The van der Waals surface area contributed by atoms with Crippen LogP contribution in [0.1, 0.15) is 26.3 Å². The molecule has 0 aliphatic rings. The summed E-state index contributed by atoms with van der Waals surface area (Å²) < 4.78 is 10.4. The third-order valence-electron chi connectivity index (χ3n) is 3.39. The zero-order valence-electron chi connectivity index (χ0n) is 13.1. The Morgan fingerprint density at radius 3 is 2.50 bits per heavy atom. The monoisotopic (exact) mass is 349 g/mol. The topological polar surface area (TPSA) is 84.9 Å². The van der Waals surface area contributed by atoms with E-state index in [1.165, 1.54) is 25.3 Å². The van der Waals surface area contributed by atoms with Gasteiger partial charge in [-0.25, -0.2) is 4.79 Å². The van der Waals surface area contributed by atoms with Crippen molar-refractivity contribution >= 4 is 23.5 Å². The highest BCUT2D eigenvalue weighted by Crippen LogP contribution is 2.24. The van der Waals surface area contributed by atoms with Crippen LogP contribution >= 0.6 is 11.6 Å². The quantitative estimate of drug-likeness (QED) is 0.837. The maximum Gasteiger partial charge on any atom is 0.337 e. The molecule has 2 aromatic rings. The smallest absolute Gasteiger partial charge is 0.337 e. The number of aromatic carboxylic acids is 1. The molecule has 0 bridgehead atoms. The lowest BCUT2D eigenvalue weighted by atomic mass is 10.1. The lowest BCUT2D eigenvalue weighted by Gasteiger charge is -2.11. The van der Waals surface area contributed by atoms with Crippen LogP contribution in [-0.2, 0) is 6.54 Å². The van der Waals surface area contributed by atoms with E-state index in [4.69, 9.17) is 26.2 Å². The molecular weight excluding hydrogens is 334 g/mol. The largest absolute Gasteiger partial charge is 0.497 e. The fourth-order valence-electron chi connectivity index (χ4n) is 2.11. The second-order valence-electron chi connectivity index (χ2n) is 4.86. The third-order valence-corrected chi connectivity index (χ3v) is 3.72. The average molecular weight is 350 g/mol. The van der Waals surface area contributed by atoms with E-state index in [1.54, 1.807) is 25.3 Å². The van der Waals surface area contributed by atoms with E-state index in [1.807, 2.05) is 0 Å². The van der Waals surface area contributed by atoms with Gasteiger partial charge in [-0.2, -0.15) is 0 Å². The van der Waals surface area contributed by atoms with Gasteiger partial charge < -0.3 is 19.9 Å². The van der Waals surface area contributed by atoms with Crippen molar-refractivity contribution in [2.24, 2.45) is 0 Å². The van der Waals surface area contributed by atoms with Crippen molar-refractivity contribution in [3.63, 3.8) is 0 Å². The molecule has 2 N–H and O–H groups in total. The number of amides is 1. The van der Waals surface area contributed by atoms with Gasteiger partial charge >= 0.3 is 5.97 Å². The van der Waals surface area contributed by atoms with Gasteiger partial charge in [0.25, 0.3) is 5.91 Å². The molecule has 126 valence electrons. The molecule has 2 rings (SSSR count). The highest BCUT2D eigenvalue weighted by atomic mass is 35.5. The van der Waals surface area contributed by atoms with Gasteiger partial charge in [0.1, 0.15) is 11.5 Å². The summed E-state index contributed by atoms with van der Waals surface area (Å²) in [6, 6.07) is 9.35. The van der Waals surface area contributed by atoms with Crippen molar-refractivity contribution in [1.82, 2.24) is 5.32 Å². The minimum atomic E-state index is -1.19. The Morgan fingerprint density at radius 2 is 1.88 bits per heavy atom. The molecule has 0 saturated carbocycles. The van der Waals surface area contributed by atoms with E-state index >= 15 is 0 Å². The molecule has 0 aromatic heterocycles. The van der Waals surface area contributed by atoms with Crippen molar-refractivity contribution in [2.75, 3.05) is 14.2 Å². The summed E-state index contributed by atoms with van der Waals surface area (Å²) in [4.78, 5) is 23.3. The zero-order valence-corrected chi connectivity index (χ0v) is 13.9. The lowest BCUT2D eigenvalue weighted by Crippen LogP contribution is -2.23. The molecule has 6 nitrogen and oxygen atoms in total. The summed E-state index contributed by atoms with van der Waals surface area (Å²) in [6.07, 6.45) is 0. The first-order valence-electron chi connectivity index (χ1n) is 6.98. The van der Waals surface area contributed by atoms with Crippen LogP contribution in [0.2, 0.25) is 5.02 Å². The molecule has 1 amide bonds. The number of ether oxygens (including phenoxy) is 2. The van der Waals surface area contributed by atoms with Gasteiger partial charge in [-0.05, 0) is 30.3 Å². The van der Waals surface area contributed by atoms with Crippen LogP contribution in [0.5, 0.6) is 11.5 Å². The predicted molar refractivity (Wildman–Crippen MR) is 89.1 cm³/mol. The highest BCUT2D eigenvalue weighted by Gasteiger charge is 2.14. The number of rotatable bonds is 6. The standard InChI is InChI=1S/C17H16ClNO5/c1-23-12-5-3-11(15(8-12)24-2)9-19-16(20)10-4-6-14(18)13(7-10)17(21)22/h3-8H,9H2,1-2H3,(H,19,20)(H,21,22). The fraction of sp³-hybridized carbons (Fsp3) is 0.176. The number of hydrogen-bond donors (Lipinski definition) is 2. The fourth-order valence-corrected chi connectivity index (χ4v) is 2.30. The second-order valence-corrected chi connectivity index (χ2v) is 5.27. The van der Waals surface area contributed by atoms with E-state index in [9.17, 15) is 9.59 Å². The summed E-state index contributed by atoms with van der Waals surface area (Å²) in [5.74, 6) is -0.374. The number of carboxylic acid groups (broad SMARTS) is 1. The lowest BCUT2D eigenvalue weighted by molar-refractivity contribution is 0.0697. The minimum Gasteiger partial charge on any atom is -0.497 e. The number of hydrogen-bond acceptors (Lipinski definition) is 4. The normalized spacial score (nSPS) is 10.1. The molecule has 0 fully saturated rings. The molecule has 0 atom stereocenters. The summed E-state index contributed by atoms with van der Waals surface area (Å²) in [5, 5.41) is 11.8. The first-order valence-corrected chi connectivity index (χ1v) is 7.36. The number of carbonyl (C=O) groups excluding carboxylic acids is 1. The van der Waals surface area contributed by atoms with Crippen LogP contribution in [0.3, 0.4) is 0 Å². The van der Waals surface area contributed by atoms with Crippen molar-refractivity contribution in [3.8, 4) is 11.5 Å². The number of nitrogens with one attached hydrogen (secondary N) is 1. The molecule has 7 heteroatoms. The Hall–Kier alpha value is -2.73. The van der Waals surface area contributed by atoms with Crippen LogP contribution in [0.4, 0.5) is 0 Å². The van der Waals surface area contributed by atoms with Crippen molar-refractivity contribution in [1.29, 1.82) is 0 Å². The minimum absolute atomic E-state index is 0.0795. The van der Waals surface area contributed by atoms with Crippen molar-refractivity contribution < 1.29 is 24.2 Å². The average Bonchev–Trinajstić information content (AvgIpc) is 2.59. The van der Waals surface area contributed by atoms with Crippen LogP contribution < -0.4 is 14.8 Å². The van der Waals surface area contributed by atoms with Gasteiger partial charge in [0.15, 0.2) is 0 Å². The first-order chi connectivity index (χ1) is 11.5. The van der Waals surface area contributed by atoms with E-state index in [2.05, 4.69) is 5.32 Å². The SMILES string of the molecule is COc1ccc(CNC(=O)c2ccc(Cl)c(C(=O)O)c2)c(OC)c1. The third kappa shape index (κ3) is 3.97. The van der Waals surface area contributed by atoms with Crippen molar-refractivity contribution in [3.05, 3.63) is 58.1 Å². The second kappa shape index (κ2) is 7.70. The summed E-state index contributed by atoms with van der Waals surface area (Å²) >= 11 is 5.80. The Bertz CT molecular complexity index is 776. The van der Waals surface area contributed by atoms with Gasteiger partial charge in [-0.1, -0.05) is 11.6 Å². The summed E-state index contributed by atoms with van der Waals surface area (Å²) in [7, 11) is 3.08. The van der Waals surface area contributed by atoms with Crippen LogP contribution in [-0.4, -0.2) is 31.2 Å². The molecule has 0 aliphatic heterocycles. The molecule has 0 aliphatic carbocycles. The highest BCUT2D eigenvalue weighted by molar-refractivity contribution is 6.33. The molecule has 0 radical (unpaired) electrons. The Morgan fingerprint density at radius 1 is 1.12 bits per heavy atom. The van der Waals surface area contributed by atoms with Gasteiger partial charge in [-0.3, -0.25) is 4.79 Å². The molecule has 2 aromatic carbocycles. The van der Waals surface area contributed by atoms with Gasteiger partial charge in [0, 0.05) is 23.7 Å². The van der Waals surface area contributed by atoms with Gasteiger partial charge in [0.05, 0.1) is 24.8 Å². The molecule has 0 unspecified atom stereocenters. The van der Waals surface area contributed by atoms with E-state index in [0.717, 1.165) is 5.56 Å². The Kier molecular flexibility index (Phi) is 5.65. The number of halogens is 1. The molecule has 24 heavy (non-hydrogen) atoms. The van der Waals surface area contributed by atoms with Crippen LogP contribution in [0.15, 0.2) is 36.4 Å². The van der Waals surface area contributed by atoms with Gasteiger partial charge in [0.2, 0.25) is 0 Å². The Labute approximate surface area is 144 Å². The van der Waals surface area contributed by atoms with Crippen LogP contribution in [0, 0.1) is 0 Å². The number of carboxylic acids is 1. The number of carbonyl (C=O) groups is 2. The van der Waals surface area contributed by atoms with E-state index < -0.39 is 11.9 Å². The number of methoxy groups -OCH3 is 2. The molecule has 0 saturated heterocycles. The van der Waals surface area contributed by atoms with Crippen LogP contribution in [0.25, 0.3) is 0 Å². The predicted octanol–water partition coefficient (Wildman–Crippen LogP) is 2.99. The molecule has 0 spiro atoms. The Balaban J connectivity index is 2.14. The van der Waals surface area contributed by atoms with Gasteiger partial charge in [-0.15, -0.1) is 0 Å². The molecular formula is C17H16ClNO5. The summed E-state index contributed by atoms with van der Waals surface area (Å²) in [6.45, 7) is 0.219. The maximum absolute atomic E-state index is 12.2.